The molecule has 2 heteroatoms. The van der Waals surface area contributed by atoms with Crippen LogP contribution in [0.2, 0.25) is 0 Å². The molecule has 0 aromatic rings. The fraction of sp³-hybridized carbons (Fsp3) is 1.00. The van der Waals surface area contributed by atoms with Crippen molar-refractivity contribution in [2.75, 3.05) is 13.7 Å². The average Bonchev–Trinajstić information content (AvgIpc) is 2.21. The quantitative estimate of drug-likeness (QED) is 0.622. The molecule has 0 amide bonds. The van der Waals surface area contributed by atoms with Crippen LogP contribution in [0.3, 0.4) is 0 Å². The maximum Gasteiger partial charge on any atom is 0.0477 e. The van der Waals surface area contributed by atoms with Crippen LogP contribution in [0.25, 0.3) is 0 Å². The van der Waals surface area contributed by atoms with Gasteiger partial charge in [0, 0.05) is 19.8 Å². The summed E-state index contributed by atoms with van der Waals surface area (Å²) >= 11 is 0. The van der Waals surface area contributed by atoms with Gasteiger partial charge in [-0.1, -0.05) is 39.5 Å². The van der Waals surface area contributed by atoms with Gasteiger partial charge in [0.05, 0.1) is 0 Å². The molecule has 0 bridgehead atoms. The molecule has 2 atom stereocenters. The van der Waals surface area contributed by atoms with E-state index < -0.39 is 0 Å². The summed E-state index contributed by atoms with van der Waals surface area (Å²) < 4.78 is 5.03. The van der Waals surface area contributed by atoms with E-state index in [0.29, 0.717) is 6.04 Å². The van der Waals surface area contributed by atoms with E-state index in [1.807, 2.05) is 0 Å². The highest BCUT2D eigenvalue weighted by molar-refractivity contribution is 4.67. The van der Waals surface area contributed by atoms with Crippen molar-refractivity contribution in [3.63, 3.8) is 0 Å². The first-order valence-corrected chi connectivity index (χ1v) is 5.99. The Morgan fingerprint density at radius 3 is 2.43 bits per heavy atom. The highest BCUT2D eigenvalue weighted by atomic mass is 16.5. The van der Waals surface area contributed by atoms with E-state index in [9.17, 15) is 0 Å². The summed E-state index contributed by atoms with van der Waals surface area (Å²) in [5.74, 6) is 0.821. The zero-order valence-corrected chi connectivity index (χ0v) is 10.1. The second-order valence-electron chi connectivity index (χ2n) is 4.19. The SMILES string of the molecule is CCCCC(CC)CC(N)CCOC. The number of hydrogen-bond donors (Lipinski definition) is 1. The lowest BCUT2D eigenvalue weighted by Crippen LogP contribution is -2.25. The summed E-state index contributed by atoms with van der Waals surface area (Å²) in [6, 6.07) is 0.330. The fourth-order valence-electron chi connectivity index (χ4n) is 1.80. The molecule has 0 saturated heterocycles. The van der Waals surface area contributed by atoms with Crippen LogP contribution < -0.4 is 5.73 Å². The van der Waals surface area contributed by atoms with Crippen molar-refractivity contribution in [1.29, 1.82) is 0 Å². The molecule has 2 N–H and O–H groups in total. The Kier molecular flexibility index (Phi) is 9.42. The molecular formula is C12H27NO. The third kappa shape index (κ3) is 7.34. The van der Waals surface area contributed by atoms with Gasteiger partial charge in [0.1, 0.15) is 0 Å². The molecule has 0 rings (SSSR count). The first-order chi connectivity index (χ1) is 6.74. The second kappa shape index (κ2) is 9.47. The lowest BCUT2D eigenvalue weighted by Gasteiger charge is -2.19. The van der Waals surface area contributed by atoms with Gasteiger partial charge in [-0.25, -0.2) is 0 Å². The van der Waals surface area contributed by atoms with Gasteiger partial charge >= 0.3 is 0 Å². The summed E-state index contributed by atoms with van der Waals surface area (Å²) in [6.45, 7) is 5.31. The van der Waals surface area contributed by atoms with Crippen molar-refractivity contribution in [3.8, 4) is 0 Å². The van der Waals surface area contributed by atoms with Gasteiger partial charge in [-0.15, -0.1) is 0 Å². The van der Waals surface area contributed by atoms with Gasteiger partial charge in [0.2, 0.25) is 0 Å². The Balaban J connectivity index is 3.57. The Bertz CT molecular complexity index is 117. The molecule has 0 aliphatic rings. The monoisotopic (exact) mass is 201 g/mol. The Morgan fingerprint density at radius 1 is 1.21 bits per heavy atom. The number of nitrogens with two attached hydrogens (primary N) is 1. The Labute approximate surface area is 89.2 Å². The third-order valence-electron chi connectivity index (χ3n) is 2.87. The van der Waals surface area contributed by atoms with Crippen LogP contribution in [-0.2, 0) is 4.74 Å². The number of methoxy groups -OCH3 is 1. The molecule has 14 heavy (non-hydrogen) atoms. The molecule has 0 aromatic heterocycles. The van der Waals surface area contributed by atoms with Gasteiger partial charge in [-0.05, 0) is 18.8 Å². The molecular weight excluding hydrogens is 174 g/mol. The van der Waals surface area contributed by atoms with E-state index in [-0.39, 0.29) is 0 Å². The molecule has 0 radical (unpaired) electrons. The fourth-order valence-corrected chi connectivity index (χ4v) is 1.80. The van der Waals surface area contributed by atoms with E-state index in [2.05, 4.69) is 13.8 Å². The van der Waals surface area contributed by atoms with Crippen molar-refractivity contribution in [3.05, 3.63) is 0 Å². The van der Waals surface area contributed by atoms with Crippen LogP contribution in [0.1, 0.15) is 52.4 Å². The molecule has 0 aliphatic heterocycles. The van der Waals surface area contributed by atoms with Crippen molar-refractivity contribution in [1.82, 2.24) is 0 Å². The predicted molar refractivity (Wildman–Crippen MR) is 62.4 cm³/mol. The van der Waals surface area contributed by atoms with Crippen LogP contribution in [0.15, 0.2) is 0 Å². The van der Waals surface area contributed by atoms with E-state index in [1.54, 1.807) is 7.11 Å². The van der Waals surface area contributed by atoms with Crippen LogP contribution in [0.5, 0.6) is 0 Å². The van der Waals surface area contributed by atoms with Crippen molar-refractivity contribution in [2.24, 2.45) is 11.7 Å². The Morgan fingerprint density at radius 2 is 1.93 bits per heavy atom. The van der Waals surface area contributed by atoms with Gasteiger partial charge in [-0.3, -0.25) is 0 Å². The van der Waals surface area contributed by atoms with E-state index in [1.165, 1.54) is 32.1 Å². The molecule has 0 saturated carbocycles. The largest absolute Gasteiger partial charge is 0.385 e. The van der Waals surface area contributed by atoms with Crippen LogP contribution >= 0.6 is 0 Å². The zero-order valence-electron chi connectivity index (χ0n) is 10.1. The van der Waals surface area contributed by atoms with E-state index >= 15 is 0 Å². The molecule has 2 nitrogen and oxygen atoms in total. The average molecular weight is 201 g/mol. The van der Waals surface area contributed by atoms with Gasteiger partial charge in [0.15, 0.2) is 0 Å². The highest BCUT2D eigenvalue weighted by Gasteiger charge is 2.11. The second-order valence-corrected chi connectivity index (χ2v) is 4.19. The van der Waals surface area contributed by atoms with Gasteiger partial charge in [-0.2, -0.15) is 0 Å². The molecule has 0 heterocycles. The maximum atomic E-state index is 6.03. The summed E-state index contributed by atoms with van der Waals surface area (Å²) in [6.07, 6.45) is 7.41. The maximum absolute atomic E-state index is 6.03. The smallest absolute Gasteiger partial charge is 0.0477 e. The van der Waals surface area contributed by atoms with Crippen molar-refractivity contribution in [2.45, 2.75) is 58.4 Å². The number of hydrogen-bond acceptors (Lipinski definition) is 2. The molecule has 0 spiro atoms. The summed E-state index contributed by atoms with van der Waals surface area (Å²) in [4.78, 5) is 0. The van der Waals surface area contributed by atoms with Gasteiger partial charge in [0.25, 0.3) is 0 Å². The lowest BCUT2D eigenvalue weighted by atomic mass is 9.91. The molecule has 0 aliphatic carbocycles. The summed E-state index contributed by atoms with van der Waals surface area (Å²) in [7, 11) is 1.74. The summed E-state index contributed by atoms with van der Waals surface area (Å²) in [5.41, 5.74) is 6.03. The minimum absolute atomic E-state index is 0.330. The lowest BCUT2D eigenvalue weighted by molar-refractivity contribution is 0.183. The van der Waals surface area contributed by atoms with Crippen LogP contribution in [0, 0.1) is 5.92 Å². The predicted octanol–water partition coefficient (Wildman–Crippen LogP) is 2.96. The minimum Gasteiger partial charge on any atom is -0.385 e. The Hall–Kier alpha value is -0.0800. The molecule has 0 aromatic carbocycles. The molecule has 2 unspecified atom stereocenters. The third-order valence-corrected chi connectivity index (χ3v) is 2.87. The van der Waals surface area contributed by atoms with Crippen molar-refractivity contribution >= 4 is 0 Å². The number of rotatable bonds is 9. The van der Waals surface area contributed by atoms with Crippen LogP contribution in [0.4, 0.5) is 0 Å². The standard InChI is InChI=1S/C12H27NO/c1-4-6-7-11(5-2)10-12(13)8-9-14-3/h11-12H,4-10,13H2,1-3H3. The minimum atomic E-state index is 0.330. The number of unbranched alkanes of at least 4 members (excludes halogenated alkanes) is 1. The zero-order chi connectivity index (χ0) is 10.8. The number of ether oxygens (including phenoxy) is 1. The van der Waals surface area contributed by atoms with E-state index in [4.69, 9.17) is 10.5 Å². The topological polar surface area (TPSA) is 35.2 Å². The first kappa shape index (κ1) is 13.9. The molecule has 0 fully saturated rings. The van der Waals surface area contributed by atoms with Gasteiger partial charge < -0.3 is 10.5 Å². The van der Waals surface area contributed by atoms with Crippen molar-refractivity contribution < 1.29 is 4.74 Å². The highest BCUT2D eigenvalue weighted by Crippen LogP contribution is 2.18. The molecule has 86 valence electrons. The first-order valence-electron chi connectivity index (χ1n) is 5.99. The van der Waals surface area contributed by atoms with E-state index in [0.717, 1.165) is 18.9 Å². The normalized spacial score (nSPS) is 15.4. The van der Waals surface area contributed by atoms with Crippen LogP contribution in [-0.4, -0.2) is 19.8 Å². The summed E-state index contributed by atoms with van der Waals surface area (Å²) in [5, 5.41) is 0.